The third kappa shape index (κ3) is 11.8. The van der Waals surface area contributed by atoms with Crippen LogP contribution in [0.15, 0.2) is 37.9 Å². The Morgan fingerprint density at radius 1 is 0.944 bits per heavy atom. The molecule has 18 heavy (non-hydrogen) atoms. The summed E-state index contributed by atoms with van der Waals surface area (Å²) < 4.78 is 0. The van der Waals surface area contributed by atoms with Crippen molar-refractivity contribution < 1.29 is 18.6 Å². The molecule has 0 aliphatic carbocycles. The number of aryl methyl sites for hydroxylation is 2. The molecule has 0 heterocycles. The van der Waals surface area contributed by atoms with Gasteiger partial charge in [-0.3, -0.25) is 0 Å². The molecule has 0 aliphatic rings. The summed E-state index contributed by atoms with van der Waals surface area (Å²) in [7, 11) is 0. The first-order valence-corrected chi connectivity index (χ1v) is 6.34. The molecule has 0 bridgehead atoms. The van der Waals surface area contributed by atoms with Crippen LogP contribution >= 0.6 is 0 Å². The minimum atomic E-state index is 0. The van der Waals surface area contributed by atoms with Crippen molar-refractivity contribution in [2.24, 2.45) is 0 Å². The molecule has 0 unspecified atom stereocenters. The van der Waals surface area contributed by atoms with Crippen LogP contribution in [-0.2, 0) is 18.6 Å². The largest absolute Gasteiger partial charge is 0.106 e. The van der Waals surface area contributed by atoms with E-state index in [0.717, 1.165) is 5.57 Å². The summed E-state index contributed by atoms with van der Waals surface area (Å²) in [5.41, 5.74) is 5.04. The van der Waals surface area contributed by atoms with Crippen molar-refractivity contribution in [1.29, 1.82) is 0 Å². The molecular weight excluding hydrogens is 255 g/mol. The van der Waals surface area contributed by atoms with Gasteiger partial charge in [-0.2, -0.15) is 0 Å². The second-order valence-electron chi connectivity index (χ2n) is 3.10. The van der Waals surface area contributed by atoms with E-state index in [0.29, 0.717) is 0 Å². The van der Waals surface area contributed by atoms with E-state index in [1.807, 2.05) is 34.6 Å². The average molecular weight is 285 g/mol. The predicted molar refractivity (Wildman–Crippen MR) is 84.6 cm³/mol. The van der Waals surface area contributed by atoms with Gasteiger partial charge in [0.2, 0.25) is 0 Å². The van der Waals surface area contributed by atoms with Crippen LogP contribution in [0.1, 0.15) is 51.3 Å². The summed E-state index contributed by atoms with van der Waals surface area (Å²) in [6, 6.07) is 6.44. The normalized spacial score (nSPS) is 6.83. The summed E-state index contributed by atoms with van der Waals surface area (Å²) >= 11 is 0. The Kier molecular flexibility index (Phi) is 26.9. The van der Waals surface area contributed by atoms with Crippen LogP contribution in [0.3, 0.4) is 0 Å². The van der Waals surface area contributed by atoms with Crippen LogP contribution in [0, 0.1) is 13.8 Å². The third-order valence-electron chi connectivity index (χ3n) is 1.84. The summed E-state index contributed by atoms with van der Waals surface area (Å²) in [6.45, 7) is 24.2. The number of hydrogen-bond donors (Lipinski definition) is 0. The van der Waals surface area contributed by atoms with Gasteiger partial charge in [0, 0.05) is 18.6 Å². The smallest absolute Gasteiger partial charge is 0 e. The van der Waals surface area contributed by atoms with Gasteiger partial charge in [-0.15, -0.1) is 13.2 Å². The standard InChI is InChI=1S/C11H14.2C2H6.C2H4.V/c1-8(2)11-6-5-9(3)7-10(11)4;3*1-2;/h5-7H,1H2,2-4H3;2*1-2H3;1-2H2;. The first-order chi connectivity index (χ1) is 8.11. The molecule has 0 spiro atoms. The predicted octanol–water partition coefficient (Wildman–Crippen LogP) is 6.19. The molecule has 0 saturated heterocycles. The van der Waals surface area contributed by atoms with Crippen molar-refractivity contribution in [3.8, 4) is 0 Å². The number of allylic oxidation sites excluding steroid dienone is 1. The van der Waals surface area contributed by atoms with E-state index < -0.39 is 0 Å². The van der Waals surface area contributed by atoms with Crippen molar-refractivity contribution in [2.45, 2.75) is 48.5 Å². The first kappa shape index (κ1) is 26.0. The molecule has 0 N–H and O–H groups in total. The van der Waals surface area contributed by atoms with Crippen molar-refractivity contribution in [1.82, 2.24) is 0 Å². The van der Waals surface area contributed by atoms with E-state index in [9.17, 15) is 0 Å². The zero-order valence-corrected chi connectivity index (χ0v) is 14.7. The Morgan fingerprint density at radius 3 is 1.61 bits per heavy atom. The van der Waals surface area contributed by atoms with E-state index in [2.05, 4.69) is 51.8 Å². The fourth-order valence-electron chi connectivity index (χ4n) is 1.29. The van der Waals surface area contributed by atoms with Gasteiger partial charge in [-0.1, -0.05) is 63.6 Å². The molecule has 1 heteroatoms. The van der Waals surface area contributed by atoms with Crippen LogP contribution < -0.4 is 0 Å². The van der Waals surface area contributed by atoms with E-state index in [1.54, 1.807) is 0 Å². The molecule has 0 fully saturated rings. The number of rotatable bonds is 1. The van der Waals surface area contributed by atoms with E-state index >= 15 is 0 Å². The Morgan fingerprint density at radius 2 is 1.33 bits per heavy atom. The molecule has 0 aromatic heterocycles. The Bertz CT molecular complexity index is 300. The fraction of sp³-hybridized carbons (Fsp3) is 0.412. The fourth-order valence-corrected chi connectivity index (χ4v) is 1.29. The third-order valence-corrected chi connectivity index (χ3v) is 1.84. The monoisotopic (exact) mass is 285 g/mol. The van der Waals surface area contributed by atoms with Crippen molar-refractivity contribution >= 4 is 5.57 Å². The van der Waals surface area contributed by atoms with Crippen molar-refractivity contribution in [2.75, 3.05) is 0 Å². The molecule has 1 aromatic rings. The van der Waals surface area contributed by atoms with Gasteiger partial charge >= 0.3 is 0 Å². The SMILES string of the molecule is C=C.C=C(C)c1ccc(C)cc1C.CC.CC.[V]. The van der Waals surface area contributed by atoms with Gasteiger partial charge in [-0.05, 0) is 31.9 Å². The molecule has 1 aromatic carbocycles. The first-order valence-electron chi connectivity index (χ1n) is 6.34. The summed E-state index contributed by atoms with van der Waals surface area (Å²) in [5.74, 6) is 0. The van der Waals surface area contributed by atoms with Gasteiger partial charge in [0.1, 0.15) is 0 Å². The summed E-state index contributed by atoms with van der Waals surface area (Å²) in [4.78, 5) is 0. The minimum Gasteiger partial charge on any atom is -0.106 e. The molecule has 1 rings (SSSR count). The molecule has 0 nitrogen and oxygen atoms in total. The maximum Gasteiger partial charge on any atom is 0 e. The van der Waals surface area contributed by atoms with Gasteiger partial charge in [-0.25, -0.2) is 0 Å². The van der Waals surface area contributed by atoms with Gasteiger partial charge in [0.15, 0.2) is 0 Å². The van der Waals surface area contributed by atoms with Crippen LogP contribution in [0.4, 0.5) is 0 Å². The number of benzene rings is 1. The van der Waals surface area contributed by atoms with Crippen molar-refractivity contribution in [3.63, 3.8) is 0 Å². The van der Waals surface area contributed by atoms with Crippen molar-refractivity contribution in [3.05, 3.63) is 54.6 Å². The molecule has 0 saturated carbocycles. The Balaban J connectivity index is -0.000000123. The molecule has 1 radical (unpaired) electrons. The average Bonchev–Trinajstić information content (AvgIpc) is 2.36. The topological polar surface area (TPSA) is 0 Å². The number of hydrogen-bond acceptors (Lipinski definition) is 0. The Labute approximate surface area is 127 Å². The van der Waals surface area contributed by atoms with Gasteiger partial charge in [0.05, 0.1) is 0 Å². The summed E-state index contributed by atoms with van der Waals surface area (Å²) in [6.07, 6.45) is 0. The van der Waals surface area contributed by atoms with E-state index in [-0.39, 0.29) is 18.6 Å². The van der Waals surface area contributed by atoms with Crippen LogP contribution in [-0.4, -0.2) is 0 Å². The zero-order chi connectivity index (χ0) is 14.4. The van der Waals surface area contributed by atoms with Gasteiger partial charge < -0.3 is 0 Å². The Hall–Kier alpha value is -0.716. The second kappa shape index (κ2) is 18.6. The van der Waals surface area contributed by atoms with Crippen LogP contribution in [0.5, 0.6) is 0 Å². The van der Waals surface area contributed by atoms with E-state index in [1.165, 1.54) is 16.7 Å². The molecule has 103 valence electrons. The van der Waals surface area contributed by atoms with Crippen LogP contribution in [0.2, 0.25) is 0 Å². The second-order valence-corrected chi connectivity index (χ2v) is 3.10. The maximum absolute atomic E-state index is 3.92. The molecule has 0 amide bonds. The maximum atomic E-state index is 3.92. The molecule has 0 aliphatic heterocycles. The zero-order valence-electron chi connectivity index (χ0n) is 13.3. The molecular formula is C17H30V. The van der Waals surface area contributed by atoms with Gasteiger partial charge in [0.25, 0.3) is 0 Å². The molecule has 0 atom stereocenters. The minimum absolute atomic E-state index is 0. The summed E-state index contributed by atoms with van der Waals surface area (Å²) in [5, 5.41) is 0. The van der Waals surface area contributed by atoms with Crippen LogP contribution in [0.25, 0.3) is 5.57 Å². The van der Waals surface area contributed by atoms with E-state index in [4.69, 9.17) is 0 Å². The quantitative estimate of drug-likeness (QED) is 0.540.